The molecular formula is C30H32N2O4. The Morgan fingerprint density at radius 3 is 2.56 bits per heavy atom. The van der Waals surface area contributed by atoms with Crippen LogP contribution < -0.4 is 19.7 Å². The first-order chi connectivity index (χ1) is 17.4. The van der Waals surface area contributed by atoms with E-state index in [-0.39, 0.29) is 11.8 Å². The number of nitrogens with one attached hydrogen (secondary N) is 1. The van der Waals surface area contributed by atoms with Crippen molar-refractivity contribution < 1.29 is 19.1 Å². The molecule has 1 aliphatic heterocycles. The number of rotatable bonds is 9. The van der Waals surface area contributed by atoms with E-state index in [1.165, 1.54) is 11.6 Å². The minimum absolute atomic E-state index is 0.115. The van der Waals surface area contributed by atoms with Gasteiger partial charge in [0.2, 0.25) is 5.91 Å². The van der Waals surface area contributed by atoms with Crippen molar-refractivity contribution in [2.24, 2.45) is 0 Å². The summed E-state index contributed by atoms with van der Waals surface area (Å²) in [5, 5.41) is 2.88. The third-order valence-electron chi connectivity index (χ3n) is 6.00. The highest BCUT2D eigenvalue weighted by molar-refractivity contribution is 6.04. The van der Waals surface area contributed by atoms with Crippen LogP contribution in [0.3, 0.4) is 0 Å². The van der Waals surface area contributed by atoms with Crippen LogP contribution >= 0.6 is 0 Å². The van der Waals surface area contributed by atoms with E-state index in [1.54, 1.807) is 36.1 Å². The van der Waals surface area contributed by atoms with Gasteiger partial charge in [-0.25, -0.2) is 0 Å². The molecule has 1 unspecified atom stereocenters. The molecule has 0 spiro atoms. The molecule has 0 saturated heterocycles. The maximum absolute atomic E-state index is 12.9. The first-order valence-electron chi connectivity index (χ1n) is 12.3. The number of hydrogen-bond acceptors (Lipinski definition) is 4. The Morgan fingerprint density at radius 1 is 1.08 bits per heavy atom. The number of fused-ring (bicyclic) bond motifs is 1. The SMILES string of the molecule is CC1Oc2ccc(NC(=O)/C=C/c3ccc(C(C)C)cc3)cc2N(CCCOc2ccccc2)C1=O. The van der Waals surface area contributed by atoms with Gasteiger partial charge in [-0.3, -0.25) is 9.59 Å². The fraction of sp³-hybridized carbons (Fsp3) is 0.267. The van der Waals surface area contributed by atoms with Crippen LogP contribution in [-0.2, 0) is 9.59 Å². The number of hydrogen-bond donors (Lipinski definition) is 1. The molecule has 36 heavy (non-hydrogen) atoms. The van der Waals surface area contributed by atoms with Crippen LogP contribution in [-0.4, -0.2) is 31.1 Å². The van der Waals surface area contributed by atoms with Crippen LogP contribution in [0.5, 0.6) is 11.5 Å². The molecule has 6 nitrogen and oxygen atoms in total. The standard InChI is InChI=1S/C30H32N2O4/c1-21(2)24-13-10-23(11-14-24)12-17-29(33)31-25-15-16-28-27(20-25)32(30(34)22(3)36-28)18-7-19-35-26-8-5-4-6-9-26/h4-6,8-17,20-22H,7,18-19H2,1-3H3,(H,31,33)/b17-12+. The summed E-state index contributed by atoms with van der Waals surface area (Å²) < 4.78 is 11.6. The summed E-state index contributed by atoms with van der Waals surface area (Å²) in [5.41, 5.74) is 3.45. The second-order valence-corrected chi connectivity index (χ2v) is 9.09. The number of carbonyl (C=O) groups is 2. The van der Waals surface area contributed by atoms with Crippen molar-refractivity contribution in [2.45, 2.75) is 39.2 Å². The molecule has 6 heteroatoms. The predicted molar refractivity (Wildman–Crippen MR) is 144 cm³/mol. The van der Waals surface area contributed by atoms with Gasteiger partial charge in [0, 0.05) is 18.3 Å². The summed E-state index contributed by atoms with van der Waals surface area (Å²) >= 11 is 0. The smallest absolute Gasteiger partial charge is 0.267 e. The quantitative estimate of drug-likeness (QED) is 0.297. The van der Waals surface area contributed by atoms with Crippen LogP contribution in [0.2, 0.25) is 0 Å². The first kappa shape index (κ1) is 25.0. The minimum atomic E-state index is -0.571. The van der Waals surface area contributed by atoms with Crippen molar-refractivity contribution in [3.05, 3.63) is 90.0 Å². The second kappa shape index (κ2) is 11.6. The summed E-state index contributed by atoms with van der Waals surface area (Å²) in [6.45, 7) is 7.01. The molecule has 1 N–H and O–H groups in total. The molecule has 4 rings (SSSR count). The van der Waals surface area contributed by atoms with Crippen LogP contribution in [0, 0.1) is 0 Å². The first-order valence-corrected chi connectivity index (χ1v) is 12.3. The number of para-hydroxylation sites is 1. The summed E-state index contributed by atoms with van der Waals surface area (Å²) in [4.78, 5) is 27.1. The molecule has 186 valence electrons. The zero-order valence-electron chi connectivity index (χ0n) is 20.9. The Hall–Kier alpha value is -4.06. The third-order valence-corrected chi connectivity index (χ3v) is 6.00. The molecule has 3 aromatic rings. The van der Waals surface area contributed by atoms with Gasteiger partial charge in [0.1, 0.15) is 11.5 Å². The average Bonchev–Trinajstić information content (AvgIpc) is 2.88. The van der Waals surface area contributed by atoms with Gasteiger partial charge >= 0.3 is 0 Å². The average molecular weight is 485 g/mol. The van der Waals surface area contributed by atoms with Gasteiger partial charge in [-0.2, -0.15) is 0 Å². The van der Waals surface area contributed by atoms with Gasteiger partial charge < -0.3 is 19.7 Å². The molecule has 2 amide bonds. The predicted octanol–water partition coefficient (Wildman–Crippen LogP) is 6.04. The topological polar surface area (TPSA) is 67.9 Å². The number of nitrogens with zero attached hydrogens (tertiary/aromatic N) is 1. The Morgan fingerprint density at radius 2 is 1.83 bits per heavy atom. The van der Waals surface area contributed by atoms with E-state index in [1.807, 2.05) is 42.5 Å². The van der Waals surface area contributed by atoms with Crippen molar-refractivity contribution in [2.75, 3.05) is 23.4 Å². The summed E-state index contributed by atoms with van der Waals surface area (Å²) in [6, 6.07) is 23.1. The highest BCUT2D eigenvalue weighted by Crippen LogP contribution is 2.36. The van der Waals surface area contributed by atoms with E-state index in [4.69, 9.17) is 9.47 Å². The third kappa shape index (κ3) is 6.33. The largest absolute Gasteiger partial charge is 0.494 e. The van der Waals surface area contributed by atoms with Crippen LogP contribution in [0.15, 0.2) is 78.9 Å². The molecule has 1 aliphatic rings. The number of anilines is 2. The lowest BCUT2D eigenvalue weighted by Gasteiger charge is -2.33. The van der Waals surface area contributed by atoms with Crippen LogP contribution in [0.25, 0.3) is 6.08 Å². The van der Waals surface area contributed by atoms with Crippen molar-refractivity contribution >= 4 is 29.3 Å². The number of carbonyl (C=O) groups excluding carboxylic acids is 2. The lowest BCUT2D eigenvalue weighted by Crippen LogP contribution is -2.45. The Balaban J connectivity index is 1.40. The van der Waals surface area contributed by atoms with E-state index in [2.05, 4.69) is 31.3 Å². The van der Waals surface area contributed by atoms with E-state index in [9.17, 15) is 9.59 Å². The molecule has 0 aromatic heterocycles. The van der Waals surface area contributed by atoms with Crippen molar-refractivity contribution in [1.29, 1.82) is 0 Å². The normalized spacial score (nSPS) is 15.1. The number of benzene rings is 3. The molecule has 0 aliphatic carbocycles. The molecule has 3 aromatic carbocycles. The van der Waals surface area contributed by atoms with Crippen molar-refractivity contribution in [1.82, 2.24) is 0 Å². The molecule has 0 radical (unpaired) electrons. The van der Waals surface area contributed by atoms with Crippen molar-refractivity contribution in [3.63, 3.8) is 0 Å². The number of ether oxygens (including phenoxy) is 2. The van der Waals surface area contributed by atoms with E-state index in [0.29, 0.717) is 42.6 Å². The van der Waals surface area contributed by atoms with Gasteiger partial charge in [-0.15, -0.1) is 0 Å². The molecule has 0 bridgehead atoms. The molecular weight excluding hydrogens is 452 g/mol. The van der Waals surface area contributed by atoms with Gasteiger partial charge in [0.25, 0.3) is 5.91 Å². The lowest BCUT2D eigenvalue weighted by molar-refractivity contribution is -0.125. The highest BCUT2D eigenvalue weighted by Gasteiger charge is 2.31. The van der Waals surface area contributed by atoms with Gasteiger partial charge in [-0.1, -0.05) is 56.3 Å². The Bertz CT molecular complexity index is 1220. The zero-order chi connectivity index (χ0) is 25.5. The summed E-state index contributed by atoms with van der Waals surface area (Å²) in [5.74, 6) is 1.51. The van der Waals surface area contributed by atoms with Gasteiger partial charge in [-0.05, 0) is 66.8 Å². The fourth-order valence-electron chi connectivity index (χ4n) is 3.99. The van der Waals surface area contributed by atoms with Gasteiger partial charge in [0.15, 0.2) is 6.10 Å². The lowest BCUT2D eigenvalue weighted by atomic mass is 10.0. The molecule has 1 heterocycles. The van der Waals surface area contributed by atoms with E-state index in [0.717, 1.165) is 11.3 Å². The highest BCUT2D eigenvalue weighted by atomic mass is 16.5. The Labute approximate surface area is 212 Å². The van der Waals surface area contributed by atoms with Gasteiger partial charge in [0.05, 0.1) is 12.3 Å². The van der Waals surface area contributed by atoms with Crippen LogP contribution in [0.1, 0.15) is 44.2 Å². The zero-order valence-corrected chi connectivity index (χ0v) is 20.9. The summed E-state index contributed by atoms with van der Waals surface area (Å²) in [6.07, 6.45) is 3.37. The molecule has 0 saturated carbocycles. The van der Waals surface area contributed by atoms with E-state index >= 15 is 0 Å². The molecule has 1 atom stereocenters. The second-order valence-electron chi connectivity index (χ2n) is 9.09. The molecule has 0 fully saturated rings. The summed E-state index contributed by atoms with van der Waals surface area (Å²) in [7, 11) is 0. The maximum Gasteiger partial charge on any atom is 0.267 e. The monoisotopic (exact) mass is 484 g/mol. The minimum Gasteiger partial charge on any atom is -0.494 e. The number of amides is 2. The van der Waals surface area contributed by atoms with Crippen LogP contribution in [0.4, 0.5) is 11.4 Å². The maximum atomic E-state index is 12.9. The fourth-order valence-corrected chi connectivity index (χ4v) is 3.99. The van der Waals surface area contributed by atoms with E-state index < -0.39 is 6.10 Å². The van der Waals surface area contributed by atoms with Crippen molar-refractivity contribution in [3.8, 4) is 11.5 Å². The Kier molecular flexibility index (Phi) is 8.06.